The lowest BCUT2D eigenvalue weighted by Gasteiger charge is -2.18. The number of halogens is 2. The van der Waals surface area contributed by atoms with Crippen LogP contribution in [0.4, 0.5) is 11.4 Å². The lowest BCUT2D eigenvalue weighted by Crippen LogP contribution is -2.19. The van der Waals surface area contributed by atoms with Gasteiger partial charge in [0.25, 0.3) is 0 Å². The number of thioether (sulfide) groups is 1. The monoisotopic (exact) mass is 472 g/mol. The van der Waals surface area contributed by atoms with E-state index in [2.05, 4.69) is 10.6 Å². The molecule has 0 aliphatic carbocycles. The highest BCUT2D eigenvalue weighted by Gasteiger charge is 2.22. The molecule has 2 amide bonds. The molecule has 3 rings (SSSR count). The Labute approximate surface area is 196 Å². The van der Waals surface area contributed by atoms with Gasteiger partial charge in [-0.2, -0.15) is 0 Å². The van der Waals surface area contributed by atoms with E-state index in [1.807, 2.05) is 61.5 Å². The molecule has 7 heteroatoms. The van der Waals surface area contributed by atoms with Crippen LogP contribution in [0.1, 0.15) is 30.6 Å². The number of carbonyl (C=O) groups is 2. The Morgan fingerprint density at radius 1 is 0.871 bits per heavy atom. The van der Waals surface area contributed by atoms with Crippen LogP contribution in [0.15, 0.2) is 77.7 Å². The zero-order chi connectivity index (χ0) is 22.2. The molecule has 0 fully saturated rings. The Morgan fingerprint density at radius 2 is 1.58 bits per heavy atom. The molecule has 0 spiro atoms. The van der Waals surface area contributed by atoms with Crippen molar-refractivity contribution in [2.75, 3.05) is 10.6 Å². The average molecular weight is 473 g/mol. The third-order valence-electron chi connectivity index (χ3n) is 4.32. The molecule has 0 heterocycles. The lowest BCUT2D eigenvalue weighted by molar-refractivity contribution is -0.116. The molecular formula is C24H22Cl2N2O2S. The summed E-state index contributed by atoms with van der Waals surface area (Å²) in [4.78, 5) is 26.0. The number of amides is 2. The number of benzene rings is 3. The third kappa shape index (κ3) is 7.03. The van der Waals surface area contributed by atoms with Gasteiger partial charge < -0.3 is 10.6 Å². The largest absolute Gasteiger partial charge is 0.326 e. The molecule has 0 saturated heterocycles. The number of carbonyl (C=O) groups excluding carboxylic acids is 2. The fourth-order valence-corrected chi connectivity index (χ4v) is 4.58. The predicted octanol–water partition coefficient (Wildman–Crippen LogP) is 7.20. The molecule has 0 aromatic heterocycles. The Morgan fingerprint density at radius 3 is 2.26 bits per heavy atom. The summed E-state index contributed by atoms with van der Waals surface area (Å²) < 4.78 is 0. The summed E-state index contributed by atoms with van der Waals surface area (Å²) in [6.45, 7) is 1.96. The Bertz CT molecular complexity index is 1040. The first-order valence-electron chi connectivity index (χ1n) is 9.83. The van der Waals surface area contributed by atoms with E-state index in [0.29, 0.717) is 27.8 Å². The van der Waals surface area contributed by atoms with Crippen molar-refractivity contribution in [3.63, 3.8) is 0 Å². The summed E-state index contributed by atoms with van der Waals surface area (Å²) in [7, 11) is 0. The molecule has 0 aliphatic heterocycles. The van der Waals surface area contributed by atoms with Gasteiger partial charge in [-0.3, -0.25) is 9.59 Å². The zero-order valence-corrected chi connectivity index (χ0v) is 19.2. The van der Waals surface area contributed by atoms with Crippen molar-refractivity contribution in [2.24, 2.45) is 0 Å². The molecular weight excluding hydrogens is 451 g/mol. The second kappa shape index (κ2) is 11.2. The Balaban J connectivity index is 1.83. The molecule has 0 aliphatic rings. The van der Waals surface area contributed by atoms with Gasteiger partial charge in [-0.15, -0.1) is 11.8 Å². The van der Waals surface area contributed by atoms with Gasteiger partial charge in [-0.05, 0) is 48.4 Å². The number of nitrogens with one attached hydrogen (secondary N) is 2. The summed E-state index contributed by atoms with van der Waals surface area (Å²) in [5.74, 6) is -0.227. The Kier molecular flexibility index (Phi) is 8.41. The molecule has 0 bridgehead atoms. The molecule has 3 aromatic carbocycles. The van der Waals surface area contributed by atoms with Gasteiger partial charge in [0, 0.05) is 32.7 Å². The second-order valence-corrected chi connectivity index (χ2v) is 8.93. The van der Waals surface area contributed by atoms with Gasteiger partial charge in [0.05, 0.1) is 0 Å². The van der Waals surface area contributed by atoms with E-state index in [1.165, 1.54) is 11.8 Å². The van der Waals surface area contributed by atoms with Crippen LogP contribution in [0.3, 0.4) is 0 Å². The van der Waals surface area contributed by atoms with Crippen LogP contribution in [0.2, 0.25) is 10.0 Å². The Hall–Kier alpha value is -2.47. The van der Waals surface area contributed by atoms with Crippen molar-refractivity contribution in [2.45, 2.75) is 29.9 Å². The molecule has 1 unspecified atom stereocenters. The summed E-state index contributed by atoms with van der Waals surface area (Å²) in [5.41, 5.74) is 2.10. The van der Waals surface area contributed by atoms with Crippen LogP contribution >= 0.6 is 35.0 Å². The predicted molar refractivity (Wildman–Crippen MR) is 130 cm³/mol. The maximum atomic E-state index is 13.2. The van der Waals surface area contributed by atoms with E-state index in [9.17, 15) is 9.59 Å². The number of hydrogen-bond donors (Lipinski definition) is 2. The van der Waals surface area contributed by atoms with Gasteiger partial charge in [0.15, 0.2) is 0 Å². The first-order valence-corrected chi connectivity index (χ1v) is 11.5. The highest BCUT2D eigenvalue weighted by atomic mass is 35.5. The molecule has 0 radical (unpaired) electrons. The first-order chi connectivity index (χ1) is 14.9. The van der Waals surface area contributed by atoms with E-state index >= 15 is 0 Å². The van der Waals surface area contributed by atoms with Gasteiger partial charge >= 0.3 is 0 Å². The smallest absolute Gasteiger partial charge is 0.242 e. The van der Waals surface area contributed by atoms with E-state index in [1.54, 1.807) is 18.2 Å². The topological polar surface area (TPSA) is 58.2 Å². The number of anilines is 2. The highest BCUT2D eigenvalue weighted by Crippen LogP contribution is 2.37. The van der Waals surface area contributed by atoms with E-state index in [0.717, 1.165) is 16.9 Å². The van der Waals surface area contributed by atoms with Crippen LogP contribution in [-0.4, -0.2) is 11.8 Å². The van der Waals surface area contributed by atoms with Crippen molar-refractivity contribution in [3.05, 3.63) is 88.4 Å². The average Bonchev–Trinajstić information content (AvgIpc) is 2.72. The molecule has 3 aromatic rings. The summed E-state index contributed by atoms with van der Waals surface area (Å²) in [5, 5.41) is 6.18. The van der Waals surface area contributed by atoms with E-state index in [4.69, 9.17) is 23.2 Å². The summed E-state index contributed by atoms with van der Waals surface area (Å²) in [6.07, 6.45) is 1.25. The number of rotatable bonds is 8. The summed E-state index contributed by atoms with van der Waals surface area (Å²) in [6, 6.07) is 21.9. The molecule has 2 N–H and O–H groups in total. The molecule has 1 atom stereocenters. The third-order valence-corrected chi connectivity index (χ3v) is 6.00. The van der Waals surface area contributed by atoms with Gasteiger partial charge in [-0.1, -0.05) is 66.5 Å². The SMILES string of the molecule is CCCC(=O)Nc1cccc(SC(C(=O)Nc2cc(Cl)cc(Cl)c2)c2ccccc2)c1. The quantitative estimate of drug-likeness (QED) is 0.340. The lowest BCUT2D eigenvalue weighted by atomic mass is 10.1. The maximum absolute atomic E-state index is 13.2. The number of hydrogen-bond acceptors (Lipinski definition) is 3. The standard InChI is InChI=1S/C24H22Cl2N2O2S/c1-2-7-22(29)27-19-10-6-11-21(15-19)31-23(16-8-4-3-5-9-16)24(30)28-20-13-17(25)12-18(26)14-20/h3-6,8-15,23H,2,7H2,1H3,(H,27,29)(H,28,30). The summed E-state index contributed by atoms with van der Waals surface area (Å²) >= 11 is 13.5. The minimum Gasteiger partial charge on any atom is -0.326 e. The van der Waals surface area contributed by atoms with Crippen LogP contribution in [0.5, 0.6) is 0 Å². The van der Waals surface area contributed by atoms with Crippen molar-refractivity contribution < 1.29 is 9.59 Å². The van der Waals surface area contributed by atoms with Crippen LogP contribution in [0, 0.1) is 0 Å². The zero-order valence-electron chi connectivity index (χ0n) is 16.9. The molecule has 31 heavy (non-hydrogen) atoms. The highest BCUT2D eigenvalue weighted by molar-refractivity contribution is 8.00. The van der Waals surface area contributed by atoms with Gasteiger partial charge in [0.1, 0.15) is 5.25 Å². The van der Waals surface area contributed by atoms with Crippen molar-refractivity contribution in [1.29, 1.82) is 0 Å². The van der Waals surface area contributed by atoms with E-state index in [-0.39, 0.29) is 11.8 Å². The maximum Gasteiger partial charge on any atom is 0.242 e. The van der Waals surface area contributed by atoms with Crippen LogP contribution < -0.4 is 10.6 Å². The minimum atomic E-state index is -0.513. The fourth-order valence-electron chi connectivity index (χ4n) is 2.97. The normalized spacial score (nSPS) is 11.6. The van der Waals surface area contributed by atoms with Gasteiger partial charge in [-0.25, -0.2) is 0 Å². The van der Waals surface area contributed by atoms with Crippen molar-refractivity contribution >= 4 is 58.2 Å². The first kappa shape index (κ1) is 23.2. The van der Waals surface area contributed by atoms with Gasteiger partial charge in [0.2, 0.25) is 11.8 Å². The minimum absolute atomic E-state index is 0.0279. The van der Waals surface area contributed by atoms with Crippen LogP contribution in [-0.2, 0) is 9.59 Å². The van der Waals surface area contributed by atoms with Crippen LogP contribution in [0.25, 0.3) is 0 Å². The van der Waals surface area contributed by atoms with E-state index < -0.39 is 5.25 Å². The molecule has 160 valence electrons. The fraction of sp³-hybridized carbons (Fsp3) is 0.167. The van der Waals surface area contributed by atoms with Crippen molar-refractivity contribution in [3.8, 4) is 0 Å². The van der Waals surface area contributed by atoms with Crippen molar-refractivity contribution in [1.82, 2.24) is 0 Å². The second-order valence-electron chi connectivity index (χ2n) is 6.88. The molecule has 4 nitrogen and oxygen atoms in total. The molecule has 0 saturated carbocycles.